The molecule has 0 unspecified atom stereocenters. The standard InChI is InChI=1S/C9H20N2O2S/c1-10(2)14(12,13)11(3)9-7-5-4-6-8-9/h9H,4-8H2,1-3H3. The minimum atomic E-state index is -3.21. The summed E-state index contributed by atoms with van der Waals surface area (Å²) in [4.78, 5) is 0. The molecule has 1 saturated carbocycles. The van der Waals surface area contributed by atoms with Crippen LogP contribution in [0.15, 0.2) is 0 Å². The van der Waals surface area contributed by atoms with Gasteiger partial charge < -0.3 is 0 Å². The second kappa shape index (κ2) is 4.59. The van der Waals surface area contributed by atoms with Gasteiger partial charge in [0.05, 0.1) is 0 Å². The summed E-state index contributed by atoms with van der Waals surface area (Å²) in [7, 11) is 1.63. The second-order valence-corrected chi connectivity index (χ2v) is 6.30. The van der Waals surface area contributed by atoms with Crippen molar-refractivity contribution in [2.75, 3.05) is 21.1 Å². The highest BCUT2D eigenvalue weighted by Crippen LogP contribution is 2.23. The molecule has 0 aromatic carbocycles. The number of hydrogen-bond acceptors (Lipinski definition) is 2. The number of hydrogen-bond donors (Lipinski definition) is 0. The molecule has 1 aliphatic carbocycles. The highest BCUT2D eigenvalue weighted by atomic mass is 32.2. The van der Waals surface area contributed by atoms with Crippen molar-refractivity contribution in [3.8, 4) is 0 Å². The number of nitrogens with zero attached hydrogens (tertiary/aromatic N) is 2. The smallest absolute Gasteiger partial charge is 0.195 e. The average Bonchev–Trinajstić information content (AvgIpc) is 2.17. The lowest BCUT2D eigenvalue weighted by atomic mass is 9.96. The monoisotopic (exact) mass is 220 g/mol. The molecule has 14 heavy (non-hydrogen) atoms. The molecular formula is C9H20N2O2S. The molecule has 0 atom stereocenters. The molecule has 0 heterocycles. The predicted octanol–water partition coefficient (Wildman–Crippen LogP) is 1.06. The third kappa shape index (κ3) is 2.46. The van der Waals surface area contributed by atoms with E-state index in [4.69, 9.17) is 0 Å². The zero-order chi connectivity index (χ0) is 10.8. The normalized spacial score (nSPS) is 20.6. The van der Waals surface area contributed by atoms with Gasteiger partial charge in [0.15, 0.2) is 0 Å². The van der Waals surface area contributed by atoms with E-state index in [-0.39, 0.29) is 6.04 Å². The lowest BCUT2D eigenvalue weighted by Gasteiger charge is -2.32. The predicted molar refractivity (Wildman–Crippen MR) is 57.2 cm³/mol. The van der Waals surface area contributed by atoms with Crippen molar-refractivity contribution in [1.82, 2.24) is 8.61 Å². The fourth-order valence-corrected chi connectivity index (χ4v) is 2.99. The van der Waals surface area contributed by atoms with Crippen LogP contribution in [-0.4, -0.2) is 44.2 Å². The summed E-state index contributed by atoms with van der Waals surface area (Å²) in [6.07, 6.45) is 5.55. The van der Waals surface area contributed by atoms with Crippen LogP contribution in [0.4, 0.5) is 0 Å². The lowest BCUT2D eigenvalue weighted by Crippen LogP contribution is -2.44. The molecule has 0 aromatic heterocycles. The van der Waals surface area contributed by atoms with E-state index < -0.39 is 10.2 Å². The molecule has 0 spiro atoms. The van der Waals surface area contributed by atoms with Crippen molar-refractivity contribution < 1.29 is 8.42 Å². The Balaban J connectivity index is 2.68. The molecule has 1 aliphatic rings. The third-order valence-corrected chi connectivity index (χ3v) is 4.86. The van der Waals surface area contributed by atoms with E-state index >= 15 is 0 Å². The molecule has 1 rings (SSSR count). The fourth-order valence-electron chi connectivity index (χ4n) is 1.89. The van der Waals surface area contributed by atoms with Crippen molar-refractivity contribution in [1.29, 1.82) is 0 Å². The van der Waals surface area contributed by atoms with Crippen molar-refractivity contribution in [3.63, 3.8) is 0 Å². The molecule has 0 amide bonds. The van der Waals surface area contributed by atoms with Crippen LogP contribution in [0.2, 0.25) is 0 Å². The van der Waals surface area contributed by atoms with E-state index in [9.17, 15) is 8.42 Å². The Morgan fingerprint density at radius 2 is 1.50 bits per heavy atom. The Morgan fingerprint density at radius 1 is 1.00 bits per heavy atom. The van der Waals surface area contributed by atoms with E-state index in [1.54, 1.807) is 21.1 Å². The maximum atomic E-state index is 11.8. The minimum Gasteiger partial charge on any atom is -0.195 e. The van der Waals surface area contributed by atoms with Gasteiger partial charge in [-0.25, -0.2) is 0 Å². The Hall–Kier alpha value is -0.130. The van der Waals surface area contributed by atoms with Gasteiger partial charge in [-0.05, 0) is 12.8 Å². The van der Waals surface area contributed by atoms with Gasteiger partial charge >= 0.3 is 0 Å². The van der Waals surface area contributed by atoms with E-state index in [2.05, 4.69) is 0 Å². The van der Waals surface area contributed by atoms with E-state index in [0.29, 0.717) is 0 Å². The van der Waals surface area contributed by atoms with Gasteiger partial charge in [0.1, 0.15) is 0 Å². The van der Waals surface area contributed by atoms with E-state index in [0.717, 1.165) is 25.7 Å². The Labute approximate surface area is 87.1 Å². The molecule has 0 aliphatic heterocycles. The maximum absolute atomic E-state index is 11.8. The summed E-state index contributed by atoms with van der Waals surface area (Å²) in [5.41, 5.74) is 0. The highest BCUT2D eigenvalue weighted by molar-refractivity contribution is 7.86. The van der Waals surface area contributed by atoms with Crippen molar-refractivity contribution in [3.05, 3.63) is 0 Å². The van der Waals surface area contributed by atoms with Crippen molar-refractivity contribution >= 4 is 10.2 Å². The first kappa shape index (κ1) is 11.9. The molecule has 0 saturated heterocycles. The average molecular weight is 220 g/mol. The van der Waals surface area contributed by atoms with Gasteiger partial charge in [-0.1, -0.05) is 19.3 Å². The first-order valence-corrected chi connectivity index (χ1v) is 6.51. The summed E-state index contributed by atoms with van der Waals surface area (Å²) >= 11 is 0. The van der Waals surface area contributed by atoms with Gasteiger partial charge in [0, 0.05) is 27.2 Å². The topological polar surface area (TPSA) is 40.6 Å². The Morgan fingerprint density at radius 3 is 1.93 bits per heavy atom. The van der Waals surface area contributed by atoms with Gasteiger partial charge in [0.2, 0.25) is 0 Å². The van der Waals surface area contributed by atoms with E-state index in [1.807, 2.05) is 0 Å². The highest BCUT2D eigenvalue weighted by Gasteiger charge is 2.28. The summed E-state index contributed by atoms with van der Waals surface area (Å²) in [5, 5.41) is 0. The minimum absolute atomic E-state index is 0.205. The summed E-state index contributed by atoms with van der Waals surface area (Å²) in [5.74, 6) is 0. The van der Waals surface area contributed by atoms with Crippen LogP contribution in [0.1, 0.15) is 32.1 Å². The van der Waals surface area contributed by atoms with Crippen LogP contribution in [0.25, 0.3) is 0 Å². The van der Waals surface area contributed by atoms with Crippen LogP contribution in [0, 0.1) is 0 Å². The SMILES string of the molecule is CN(C)S(=O)(=O)N(C)C1CCCCC1. The zero-order valence-electron chi connectivity index (χ0n) is 9.23. The Bertz CT molecular complexity index is 269. The van der Waals surface area contributed by atoms with Gasteiger partial charge in [-0.15, -0.1) is 0 Å². The van der Waals surface area contributed by atoms with Crippen molar-refractivity contribution in [2.24, 2.45) is 0 Å². The quantitative estimate of drug-likeness (QED) is 0.713. The molecule has 1 fully saturated rings. The molecule has 0 N–H and O–H groups in total. The lowest BCUT2D eigenvalue weighted by molar-refractivity contribution is 0.273. The van der Waals surface area contributed by atoms with E-state index in [1.165, 1.54) is 15.0 Å². The van der Waals surface area contributed by atoms with Crippen LogP contribution in [0.5, 0.6) is 0 Å². The molecule has 4 nitrogen and oxygen atoms in total. The van der Waals surface area contributed by atoms with Crippen LogP contribution in [-0.2, 0) is 10.2 Å². The summed E-state index contributed by atoms with van der Waals surface area (Å²) in [6, 6.07) is 0.205. The van der Waals surface area contributed by atoms with Gasteiger partial charge in [0.25, 0.3) is 10.2 Å². The molecule has 0 bridgehead atoms. The molecule has 5 heteroatoms. The summed E-state index contributed by atoms with van der Waals surface area (Å²) in [6.45, 7) is 0. The Kier molecular flexibility index (Phi) is 3.92. The number of rotatable bonds is 3. The third-order valence-electron chi connectivity index (χ3n) is 2.91. The summed E-state index contributed by atoms with van der Waals surface area (Å²) < 4.78 is 26.4. The molecule has 84 valence electrons. The van der Waals surface area contributed by atoms with Gasteiger partial charge in [-0.2, -0.15) is 17.0 Å². The first-order chi connectivity index (χ1) is 6.46. The van der Waals surface area contributed by atoms with Crippen molar-refractivity contribution in [2.45, 2.75) is 38.1 Å². The molecule has 0 aromatic rings. The van der Waals surface area contributed by atoms with Crippen LogP contribution in [0.3, 0.4) is 0 Å². The second-order valence-electron chi connectivity index (χ2n) is 4.10. The molecular weight excluding hydrogens is 200 g/mol. The maximum Gasteiger partial charge on any atom is 0.281 e. The van der Waals surface area contributed by atoms with Crippen LogP contribution >= 0.6 is 0 Å². The largest absolute Gasteiger partial charge is 0.281 e. The van der Waals surface area contributed by atoms with Crippen LogP contribution < -0.4 is 0 Å². The first-order valence-electron chi connectivity index (χ1n) is 5.11. The van der Waals surface area contributed by atoms with Gasteiger partial charge in [-0.3, -0.25) is 0 Å². The fraction of sp³-hybridized carbons (Fsp3) is 1.00. The zero-order valence-corrected chi connectivity index (χ0v) is 10.0. The molecule has 0 radical (unpaired) electrons.